The standard InChI is InChI=1S/C21H37N5O4/c1-14(2)17(27)22-11-15-9-8-10-26(12-15)13-16-23-18(25-30-16)21(6,7)24-19(28)29-20(3,4)5/h14-15H,8-13H2,1-7H3,(H,22,27)(H,24,28). The zero-order valence-corrected chi connectivity index (χ0v) is 19.4. The van der Waals surface area contributed by atoms with Gasteiger partial charge in [-0.15, -0.1) is 0 Å². The molecule has 0 saturated carbocycles. The quantitative estimate of drug-likeness (QED) is 0.694. The molecule has 170 valence electrons. The molecular formula is C21H37N5O4. The molecule has 30 heavy (non-hydrogen) atoms. The van der Waals surface area contributed by atoms with Crippen LogP contribution in [0.2, 0.25) is 0 Å². The number of hydrogen-bond donors (Lipinski definition) is 2. The fraction of sp³-hybridized carbons (Fsp3) is 0.810. The number of ether oxygens (including phenoxy) is 1. The van der Waals surface area contributed by atoms with E-state index in [0.29, 0.717) is 30.7 Å². The minimum absolute atomic E-state index is 0.000786. The van der Waals surface area contributed by atoms with E-state index in [4.69, 9.17) is 9.26 Å². The van der Waals surface area contributed by atoms with E-state index in [0.717, 1.165) is 25.9 Å². The molecular weight excluding hydrogens is 386 g/mol. The lowest BCUT2D eigenvalue weighted by Crippen LogP contribution is -2.44. The number of likely N-dealkylation sites (tertiary alicyclic amines) is 1. The Morgan fingerprint density at radius 1 is 1.27 bits per heavy atom. The number of rotatable bonds is 7. The first-order valence-corrected chi connectivity index (χ1v) is 10.7. The number of nitrogens with zero attached hydrogens (tertiary/aromatic N) is 3. The molecule has 2 heterocycles. The number of alkyl carbamates (subject to hydrolysis) is 1. The number of hydrogen-bond acceptors (Lipinski definition) is 7. The molecule has 0 spiro atoms. The summed E-state index contributed by atoms with van der Waals surface area (Å²) in [6.45, 7) is 15.9. The van der Waals surface area contributed by atoms with Crippen LogP contribution in [0.5, 0.6) is 0 Å². The number of nitrogens with one attached hydrogen (secondary N) is 2. The topological polar surface area (TPSA) is 110 Å². The second-order valence-corrected chi connectivity index (χ2v) is 9.91. The van der Waals surface area contributed by atoms with Gasteiger partial charge < -0.3 is 19.9 Å². The molecule has 1 atom stereocenters. The first-order chi connectivity index (χ1) is 13.9. The summed E-state index contributed by atoms with van der Waals surface area (Å²) in [5, 5.41) is 9.88. The molecule has 1 aliphatic rings. The van der Waals surface area contributed by atoms with E-state index in [9.17, 15) is 9.59 Å². The van der Waals surface area contributed by atoms with Crippen LogP contribution < -0.4 is 10.6 Å². The van der Waals surface area contributed by atoms with Gasteiger partial charge in [0.05, 0.1) is 6.54 Å². The highest BCUT2D eigenvalue weighted by Gasteiger charge is 2.31. The van der Waals surface area contributed by atoms with Gasteiger partial charge in [0.25, 0.3) is 0 Å². The highest BCUT2D eigenvalue weighted by Crippen LogP contribution is 2.21. The maximum Gasteiger partial charge on any atom is 0.408 e. The Morgan fingerprint density at radius 2 is 1.97 bits per heavy atom. The molecule has 0 aliphatic carbocycles. The van der Waals surface area contributed by atoms with Crippen LogP contribution >= 0.6 is 0 Å². The van der Waals surface area contributed by atoms with E-state index in [1.54, 1.807) is 13.8 Å². The molecule has 2 rings (SSSR count). The van der Waals surface area contributed by atoms with E-state index in [1.807, 2.05) is 34.6 Å². The molecule has 0 radical (unpaired) electrons. The summed E-state index contributed by atoms with van der Waals surface area (Å²) < 4.78 is 10.8. The monoisotopic (exact) mass is 423 g/mol. The molecule has 9 nitrogen and oxygen atoms in total. The predicted octanol–water partition coefficient (Wildman–Crippen LogP) is 2.81. The van der Waals surface area contributed by atoms with E-state index in [2.05, 4.69) is 25.7 Å². The van der Waals surface area contributed by atoms with Gasteiger partial charge in [-0.2, -0.15) is 4.98 Å². The van der Waals surface area contributed by atoms with Crippen molar-refractivity contribution >= 4 is 12.0 Å². The van der Waals surface area contributed by atoms with Crippen molar-refractivity contribution in [1.82, 2.24) is 25.7 Å². The second-order valence-electron chi connectivity index (χ2n) is 9.91. The van der Waals surface area contributed by atoms with Gasteiger partial charge in [-0.3, -0.25) is 9.69 Å². The van der Waals surface area contributed by atoms with E-state index in [1.165, 1.54) is 0 Å². The Balaban J connectivity index is 1.89. The third-order valence-corrected chi connectivity index (χ3v) is 4.89. The van der Waals surface area contributed by atoms with E-state index >= 15 is 0 Å². The molecule has 2 amide bonds. The average molecular weight is 424 g/mol. The normalized spacial score (nSPS) is 18.3. The van der Waals surface area contributed by atoms with Crippen LogP contribution in [0.15, 0.2) is 4.52 Å². The summed E-state index contributed by atoms with van der Waals surface area (Å²) in [4.78, 5) is 30.7. The molecule has 1 saturated heterocycles. The van der Waals surface area contributed by atoms with Crippen LogP contribution in [0, 0.1) is 11.8 Å². The molecule has 0 bridgehead atoms. The molecule has 9 heteroatoms. The van der Waals surface area contributed by atoms with Gasteiger partial charge >= 0.3 is 6.09 Å². The SMILES string of the molecule is CC(C)C(=O)NCC1CCCN(Cc2nc(C(C)(C)NC(=O)OC(C)(C)C)no2)C1. The Bertz CT molecular complexity index is 723. The highest BCUT2D eigenvalue weighted by molar-refractivity contribution is 5.77. The van der Waals surface area contributed by atoms with Crippen molar-refractivity contribution in [2.24, 2.45) is 11.8 Å². The summed E-state index contributed by atoms with van der Waals surface area (Å²) in [5.74, 6) is 1.42. The molecule has 1 unspecified atom stereocenters. The Labute approximate surface area is 179 Å². The first-order valence-electron chi connectivity index (χ1n) is 10.7. The minimum atomic E-state index is -0.824. The maximum atomic E-state index is 12.1. The number of piperidine rings is 1. The minimum Gasteiger partial charge on any atom is -0.444 e. The van der Waals surface area contributed by atoms with Gasteiger partial charge in [0.15, 0.2) is 5.82 Å². The summed E-state index contributed by atoms with van der Waals surface area (Å²) in [7, 11) is 0. The Morgan fingerprint density at radius 3 is 2.60 bits per heavy atom. The van der Waals surface area contributed by atoms with Crippen molar-refractivity contribution in [3.05, 3.63) is 11.7 Å². The van der Waals surface area contributed by atoms with Crippen molar-refractivity contribution in [2.75, 3.05) is 19.6 Å². The maximum absolute atomic E-state index is 12.1. The van der Waals surface area contributed by atoms with Crippen LogP contribution in [0.3, 0.4) is 0 Å². The lowest BCUT2D eigenvalue weighted by Gasteiger charge is -2.31. The number of carbonyl (C=O) groups excluding carboxylic acids is 2. The van der Waals surface area contributed by atoms with Crippen molar-refractivity contribution in [3.63, 3.8) is 0 Å². The smallest absolute Gasteiger partial charge is 0.408 e. The van der Waals surface area contributed by atoms with Crippen molar-refractivity contribution in [3.8, 4) is 0 Å². The summed E-state index contributed by atoms with van der Waals surface area (Å²) in [5.41, 5.74) is -1.41. The van der Waals surface area contributed by atoms with Crippen molar-refractivity contribution < 1.29 is 18.8 Å². The largest absolute Gasteiger partial charge is 0.444 e. The molecule has 1 aromatic heterocycles. The van der Waals surface area contributed by atoms with Crippen LogP contribution in [0.4, 0.5) is 4.79 Å². The fourth-order valence-electron chi connectivity index (χ4n) is 3.29. The third-order valence-electron chi connectivity index (χ3n) is 4.89. The third kappa shape index (κ3) is 7.59. The van der Waals surface area contributed by atoms with Crippen molar-refractivity contribution in [2.45, 2.75) is 79.0 Å². The molecule has 1 fully saturated rings. The van der Waals surface area contributed by atoms with Crippen LogP contribution in [-0.4, -0.2) is 52.3 Å². The zero-order chi connectivity index (χ0) is 22.5. The molecule has 1 aliphatic heterocycles. The fourth-order valence-corrected chi connectivity index (χ4v) is 3.29. The van der Waals surface area contributed by atoms with Gasteiger partial charge in [0.1, 0.15) is 11.1 Å². The molecule has 2 N–H and O–H groups in total. The number of carbonyl (C=O) groups is 2. The zero-order valence-electron chi connectivity index (χ0n) is 19.4. The van der Waals surface area contributed by atoms with Crippen LogP contribution in [0.1, 0.15) is 73.0 Å². The Hall–Kier alpha value is -2.16. The van der Waals surface area contributed by atoms with E-state index in [-0.39, 0.29) is 11.8 Å². The van der Waals surface area contributed by atoms with Gasteiger partial charge in [0, 0.05) is 19.0 Å². The predicted molar refractivity (Wildman–Crippen MR) is 113 cm³/mol. The Kier molecular flexibility index (Phi) is 7.85. The second kappa shape index (κ2) is 9.76. The van der Waals surface area contributed by atoms with Gasteiger partial charge in [-0.25, -0.2) is 4.79 Å². The van der Waals surface area contributed by atoms with Gasteiger partial charge in [-0.05, 0) is 59.9 Å². The molecule has 1 aromatic rings. The summed E-state index contributed by atoms with van der Waals surface area (Å²) in [6, 6.07) is 0. The first kappa shape index (κ1) is 24.1. The molecule has 0 aromatic carbocycles. The highest BCUT2D eigenvalue weighted by atomic mass is 16.6. The van der Waals surface area contributed by atoms with E-state index < -0.39 is 17.2 Å². The van der Waals surface area contributed by atoms with Gasteiger partial charge in [0.2, 0.25) is 11.8 Å². The van der Waals surface area contributed by atoms with Crippen molar-refractivity contribution in [1.29, 1.82) is 0 Å². The van der Waals surface area contributed by atoms with Gasteiger partial charge in [-0.1, -0.05) is 19.0 Å². The average Bonchev–Trinajstić information content (AvgIpc) is 3.07. The lowest BCUT2D eigenvalue weighted by atomic mass is 9.97. The lowest BCUT2D eigenvalue weighted by molar-refractivity contribution is -0.124. The summed E-state index contributed by atoms with van der Waals surface area (Å²) in [6.07, 6.45) is 1.63. The summed E-state index contributed by atoms with van der Waals surface area (Å²) >= 11 is 0. The van der Waals surface area contributed by atoms with Crippen LogP contribution in [0.25, 0.3) is 0 Å². The number of amides is 2. The number of aromatic nitrogens is 2. The van der Waals surface area contributed by atoms with Crippen LogP contribution in [-0.2, 0) is 21.6 Å².